The summed E-state index contributed by atoms with van der Waals surface area (Å²) in [7, 11) is -4.82. The van der Waals surface area contributed by atoms with E-state index in [2.05, 4.69) is 19.9 Å². The molecule has 0 radical (unpaired) electrons. The van der Waals surface area contributed by atoms with Crippen LogP contribution in [0.25, 0.3) is 11.2 Å². The minimum Gasteiger partial charge on any atom is -0.341 e. The predicted molar refractivity (Wildman–Crippen MR) is 55.2 cm³/mol. The van der Waals surface area contributed by atoms with Gasteiger partial charge in [0.15, 0.2) is 10.8 Å². The third-order valence-electron chi connectivity index (χ3n) is 1.71. The van der Waals surface area contributed by atoms with Gasteiger partial charge in [0.2, 0.25) is 5.95 Å². The van der Waals surface area contributed by atoms with E-state index in [9.17, 15) is 17.2 Å². The Bertz CT molecular complexity index is 657. The van der Waals surface area contributed by atoms with Crippen molar-refractivity contribution in [2.24, 2.45) is 0 Å². The van der Waals surface area contributed by atoms with Crippen LogP contribution in [0.2, 0.25) is 5.15 Å². The number of rotatable bonds is 3. The molecule has 2 N–H and O–H groups in total. The van der Waals surface area contributed by atoms with Gasteiger partial charge in [-0.25, -0.2) is 18.1 Å². The van der Waals surface area contributed by atoms with Crippen LogP contribution in [0.3, 0.4) is 0 Å². The molecule has 0 aromatic carbocycles. The highest BCUT2D eigenvalue weighted by Gasteiger charge is 2.25. The minimum atomic E-state index is -4.82. The van der Waals surface area contributed by atoms with Crippen LogP contribution in [-0.4, -0.2) is 34.1 Å². The van der Waals surface area contributed by atoms with Gasteiger partial charge >= 0.3 is 5.76 Å². The molecule has 17 heavy (non-hydrogen) atoms. The van der Waals surface area contributed by atoms with Gasteiger partial charge in [-0.15, -0.1) is 0 Å². The van der Waals surface area contributed by atoms with Crippen LogP contribution in [0, 0.1) is 0 Å². The normalized spacial score (nSPS) is 12.2. The summed E-state index contributed by atoms with van der Waals surface area (Å²) >= 11 is 5.67. The minimum absolute atomic E-state index is 0.0666. The predicted octanol–water partition coefficient (Wildman–Crippen LogP) is 0.971. The summed E-state index contributed by atoms with van der Waals surface area (Å²) in [6, 6.07) is 0. The number of nitrogens with zero attached hydrogens (tertiary/aromatic N) is 3. The fourth-order valence-corrected chi connectivity index (χ4v) is 1.67. The van der Waals surface area contributed by atoms with E-state index in [1.165, 1.54) is 11.0 Å². The Morgan fingerprint density at radius 3 is 2.76 bits per heavy atom. The van der Waals surface area contributed by atoms with E-state index >= 15 is 0 Å². The van der Waals surface area contributed by atoms with Gasteiger partial charge in [0.05, 0.1) is 6.33 Å². The Balaban J connectivity index is 2.44. The second-order valence-corrected chi connectivity index (χ2v) is 4.86. The van der Waals surface area contributed by atoms with Crippen LogP contribution in [0.15, 0.2) is 6.33 Å². The highest BCUT2D eigenvalue weighted by molar-refractivity contribution is 7.92. The molecule has 2 aromatic rings. The molecule has 11 heteroatoms. The molecule has 0 spiro atoms. The van der Waals surface area contributed by atoms with E-state index in [0.717, 1.165) is 0 Å². The molecule has 0 saturated heterocycles. The van der Waals surface area contributed by atoms with Gasteiger partial charge in [0.25, 0.3) is 10.0 Å². The standard InChI is InChI=1S/C6H4ClF2N5O2S/c7-3-2-4(11-1-10-2)13-6(12-3)14-17(15,16)5(8)9/h1,5H,(H2,10,11,12,13,14). The number of hydrogen-bond donors (Lipinski definition) is 2. The lowest BCUT2D eigenvalue weighted by Gasteiger charge is -2.05. The summed E-state index contributed by atoms with van der Waals surface area (Å²) in [5.74, 6) is -4.14. The Labute approximate surface area is 98.3 Å². The number of aromatic amines is 1. The third kappa shape index (κ3) is 2.26. The van der Waals surface area contributed by atoms with E-state index < -0.39 is 21.7 Å². The second-order valence-electron chi connectivity index (χ2n) is 2.85. The first-order chi connectivity index (χ1) is 7.90. The molecule has 0 fully saturated rings. The number of anilines is 1. The largest absolute Gasteiger partial charge is 0.355 e. The summed E-state index contributed by atoms with van der Waals surface area (Å²) in [6.45, 7) is 0. The first-order valence-corrected chi connectivity index (χ1v) is 5.99. The fraction of sp³-hybridized carbons (Fsp3) is 0.167. The van der Waals surface area contributed by atoms with Crippen molar-refractivity contribution < 1.29 is 17.2 Å². The van der Waals surface area contributed by atoms with Crippen LogP contribution in [-0.2, 0) is 10.0 Å². The molecule has 92 valence electrons. The quantitative estimate of drug-likeness (QED) is 0.818. The molecule has 0 aliphatic heterocycles. The molecule has 0 aliphatic rings. The molecule has 0 amide bonds. The average molecular weight is 284 g/mol. The maximum absolute atomic E-state index is 12.1. The number of nitrogens with one attached hydrogen (secondary N) is 2. The van der Waals surface area contributed by atoms with Crippen molar-refractivity contribution in [1.29, 1.82) is 0 Å². The molecule has 0 unspecified atom stereocenters. The number of halogens is 3. The van der Waals surface area contributed by atoms with E-state index in [-0.39, 0.29) is 16.3 Å². The topological polar surface area (TPSA) is 101 Å². The Morgan fingerprint density at radius 2 is 2.12 bits per heavy atom. The van der Waals surface area contributed by atoms with Crippen LogP contribution in [0.1, 0.15) is 0 Å². The number of sulfonamides is 1. The summed E-state index contributed by atoms with van der Waals surface area (Å²) in [5, 5.41) is -0.125. The first-order valence-electron chi connectivity index (χ1n) is 4.06. The monoisotopic (exact) mass is 283 g/mol. The van der Waals surface area contributed by atoms with Crippen molar-refractivity contribution in [3.8, 4) is 0 Å². The van der Waals surface area contributed by atoms with Crippen molar-refractivity contribution >= 4 is 38.7 Å². The first kappa shape index (κ1) is 11.9. The third-order valence-corrected chi connectivity index (χ3v) is 2.92. The van der Waals surface area contributed by atoms with Crippen molar-refractivity contribution in [1.82, 2.24) is 19.9 Å². The second kappa shape index (κ2) is 4.04. The number of aromatic nitrogens is 4. The zero-order valence-electron chi connectivity index (χ0n) is 7.85. The smallest absolute Gasteiger partial charge is 0.341 e. The molecule has 2 aromatic heterocycles. The SMILES string of the molecule is O=S(=O)(Nc1nc(Cl)c2[nH]cnc2n1)C(F)F. The number of hydrogen-bond acceptors (Lipinski definition) is 5. The highest BCUT2D eigenvalue weighted by atomic mass is 35.5. The fourth-order valence-electron chi connectivity index (χ4n) is 1.02. The lowest BCUT2D eigenvalue weighted by molar-refractivity contribution is 0.236. The maximum atomic E-state index is 12.1. The Kier molecular flexibility index (Phi) is 2.83. The lowest BCUT2D eigenvalue weighted by Crippen LogP contribution is -2.22. The summed E-state index contributed by atoms with van der Waals surface area (Å²) in [5.41, 5.74) is 0.351. The number of H-pyrrole nitrogens is 1. The molecule has 0 aliphatic carbocycles. The zero-order valence-corrected chi connectivity index (χ0v) is 9.43. The zero-order chi connectivity index (χ0) is 12.6. The molecule has 0 atom stereocenters. The molecule has 0 saturated carbocycles. The van der Waals surface area contributed by atoms with Gasteiger partial charge < -0.3 is 4.98 Å². The Morgan fingerprint density at radius 1 is 1.41 bits per heavy atom. The van der Waals surface area contributed by atoms with E-state index in [0.29, 0.717) is 0 Å². The van der Waals surface area contributed by atoms with Gasteiger partial charge in [0.1, 0.15) is 5.52 Å². The highest BCUT2D eigenvalue weighted by Crippen LogP contribution is 2.19. The van der Waals surface area contributed by atoms with Gasteiger partial charge in [-0.2, -0.15) is 18.7 Å². The molecule has 2 heterocycles. The van der Waals surface area contributed by atoms with Crippen molar-refractivity contribution in [3.05, 3.63) is 11.5 Å². The van der Waals surface area contributed by atoms with Crippen LogP contribution in [0.4, 0.5) is 14.7 Å². The van der Waals surface area contributed by atoms with Crippen molar-refractivity contribution in [3.63, 3.8) is 0 Å². The lowest BCUT2D eigenvalue weighted by atomic mass is 10.6. The van der Waals surface area contributed by atoms with Gasteiger partial charge in [0, 0.05) is 0 Å². The maximum Gasteiger partial charge on any atom is 0.355 e. The number of imidazole rings is 1. The van der Waals surface area contributed by atoms with Crippen LogP contribution >= 0.6 is 11.6 Å². The summed E-state index contributed by atoms with van der Waals surface area (Å²) < 4.78 is 47.4. The average Bonchev–Trinajstić information content (AvgIpc) is 2.64. The van der Waals surface area contributed by atoms with E-state index in [4.69, 9.17) is 11.6 Å². The van der Waals surface area contributed by atoms with E-state index in [1.807, 2.05) is 0 Å². The summed E-state index contributed by atoms with van der Waals surface area (Å²) in [4.78, 5) is 13.4. The summed E-state index contributed by atoms with van der Waals surface area (Å²) in [6.07, 6.45) is 1.26. The van der Waals surface area contributed by atoms with Crippen LogP contribution in [0.5, 0.6) is 0 Å². The van der Waals surface area contributed by atoms with Gasteiger partial charge in [-0.05, 0) is 0 Å². The number of alkyl halides is 2. The Hall–Kier alpha value is -1.55. The van der Waals surface area contributed by atoms with Gasteiger partial charge in [-0.1, -0.05) is 11.6 Å². The van der Waals surface area contributed by atoms with Crippen LogP contribution < -0.4 is 4.72 Å². The number of fused-ring (bicyclic) bond motifs is 1. The van der Waals surface area contributed by atoms with Gasteiger partial charge in [-0.3, -0.25) is 0 Å². The molecular weight excluding hydrogens is 280 g/mol. The van der Waals surface area contributed by atoms with Crippen molar-refractivity contribution in [2.45, 2.75) is 5.76 Å². The van der Waals surface area contributed by atoms with Crippen molar-refractivity contribution in [2.75, 3.05) is 4.72 Å². The molecule has 0 bridgehead atoms. The molecule has 7 nitrogen and oxygen atoms in total. The van der Waals surface area contributed by atoms with E-state index in [1.54, 1.807) is 0 Å². The molecular formula is C6H4ClF2N5O2S. The molecule has 2 rings (SSSR count).